The molecule has 0 saturated carbocycles. The van der Waals surface area contributed by atoms with Gasteiger partial charge in [0, 0.05) is 75.5 Å². The van der Waals surface area contributed by atoms with Gasteiger partial charge in [0.2, 0.25) is 10.0 Å². The van der Waals surface area contributed by atoms with Crippen LogP contribution in [0.5, 0.6) is 5.75 Å². The van der Waals surface area contributed by atoms with Crippen LogP contribution in [0.3, 0.4) is 0 Å². The predicted octanol–water partition coefficient (Wildman–Crippen LogP) is 4.55. The fourth-order valence-corrected chi connectivity index (χ4v) is 9.87. The third-order valence-electron chi connectivity index (χ3n) is 11.8. The standard InChI is InChI=1S/C39H54ClFN4O7S/c1-26-7-11-33(41)37(35(46)23-43(16-18-50-3)17-19-51-4)45-15-13-31(45)22-44-24-39(14-5-6-28-20-30(40)9-10-32(28)39)25-52-36-12-8-29(21-34(36)44)38(47)42-53(48,49)27(26)2/h8-12,20-21,26-27,31,35,37,46H,5-7,13-19,22-25H2,1-4H3,(H,42,47)/b33-11-/t26-,27+,31-,35-,37+,39-/m0/s1. The van der Waals surface area contributed by atoms with E-state index < -0.39 is 50.5 Å². The number of methoxy groups -OCH3 is 2. The highest BCUT2D eigenvalue weighted by atomic mass is 35.5. The first kappa shape index (κ1) is 39.9. The number of amides is 1. The van der Waals surface area contributed by atoms with Crippen LogP contribution in [0.15, 0.2) is 48.3 Å². The van der Waals surface area contributed by atoms with Gasteiger partial charge in [-0.1, -0.05) is 30.7 Å². The van der Waals surface area contributed by atoms with E-state index in [-0.39, 0.29) is 24.6 Å². The van der Waals surface area contributed by atoms with Crippen molar-refractivity contribution in [3.8, 4) is 5.75 Å². The minimum atomic E-state index is -4.12. The monoisotopic (exact) mass is 776 g/mol. The largest absolute Gasteiger partial charge is 0.490 e. The van der Waals surface area contributed by atoms with Crippen molar-refractivity contribution in [1.82, 2.24) is 14.5 Å². The number of carbonyl (C=O) groups excluding carboxylic acids is 1. The maximum absolute atomic E-state index is 16.7. The van der Waals surface area contributed by atoms with E-state index in [0.717, 1.165) is 25.7 Å². The highest BCUT2D eigenvalue weighted by Gasteiger charge is 2.46. The van der Waals surface area contributed by atoms with Crippen molar-refractivity contribution in [2.45, 2.75) is 74.8 Å². The van der Waals surface area contributed by atoms with Gasteiger partial charge in [0.15, 0.2) is 0 Å². The highest BCUT2D eigenvalue weighted by molar-refractivity contribution is 7.90. The molecule has 1 aliphatic carbocycles. The second kappa shape index (κ2) is 16.9. The number of aliphatic hydroxyl groups excluding tert-OH is 1. The normalized spacial score (nSPS) is 29.2. The molecule has 3 aliphatic heterocycles. The average molecular weight is 777 g/mol. The average Bonchev–Trinajstić information content (AvgIpc) is 3.27. The molecular weight excluding hydrogens is 723 g/mol. The molecule has 0 unspecified atom stereocenters. The SMILES string of the molecule is COCCN(CCOC)C[C@H](O)[C@H]1/C(F)=C/C[C@H](C)[C@@H](C)S(=O)(=O)NC(=O)c2ccc3c(c2)N(C[C@@H]2CCN21)C[C@@]1(CCCc2cc(Cl)ccc21)CO3. The van der Waals surface area contributed by atoms with Crippen LogP contribution in [-0.4, -0.2) is 126 Å². The van der Waals surface area contributed by atoms with Gasteiger partial charge in [0.1, 0.15) is 11.6 Å². The number of nitrogens with one attached hydrogen (secondary N) is 1. The summed E-state index contributed by atoms with van der Waals surface area (Å²) in [6.45, 7) is 7.44. The van der Waals surface area contributed by atoms with Gasteiger partial charge in [-0.3, -0.25) is 14.6 Å². The molecule has 53 heavy (non-hydrogen) atoms. The van der Waals surface area contributed by atoms with Gasteiger partial charge in [-0.15, -0.1) is 0 Å². The van der Waals surface area contributed by atoms with Gasteiger partial charge in [-0.25, -0.2) is 17.5 Å². The summed E-state index contributed by atoms with van der Waals surface area (Å²) in [5, 5.41) is 11.6. The number of allylic oxidation sites excluding steroid dienone is 1. The Morgan fingerprint density at radius 1 is 1.15 bits per heavy atom. The number of hydrogen-bond donors (Lipinski definition) is 2. The minimum absolute atomic E-state index is 0.106. The molecule has 0 aromatic heterocycles. The number of fused-ring (bicyclic) bond motifs is 4. The molecule has 14 heteroatoms. The highest BCUT2D eigenvalue weighted by Crippen LogP contribution is 2.45. The Kier molecular flexibility index (Phi) is 12.7. The lowest BCUT2D eigenvalue weighted by molar-refractivity contribution is -0.0315. The molecule has 1 spiro atoms. The van der Waals surface area contributed by atoms with E-state index >= 15 is 4.39 Å². The van der Waals surface area contributed by atoms with Gasteiger partial charge < -0.3 is 24.2 Å². The van der Waals surface area contributed by atoms with E-state index in [1.54, 1.807) is 39.3 Å². The number of carbonyl (C=O) groups is 1. The summed E-state index contributed by atoms with van der Waals surface area (Å²) >= 11 is 6.45. The van der Waals surface area contributed by atoms with E-state index in [2.05, 4.69) is 15.7 Å². The van der Waals surface area contributed by atoms with Crippen LogP contribution >= 0.6 is 11.6 Å². The summed E-state index contributed by atoms with van der Waals surface area (Å²) in [4.78, 5) is 19.8. The number of benzene rings is 2. The Hall–Kier alpha value is -2.78. The molecule has 1 fully saturated rings. The fourth-order valence-electron chi connectivity index (χ4n) is 8.39. The number of hydrogen-bond acceptors (Lipinski definition) is 10. The molecule has 6 atom stereocenters. The molecule has 2 bridgehead atoms. The van der Waals surface area contributed by atoms with Crippen LogP contribution in [-0.2, 0) is 31.3 Å². The van der Waals surface area contributed by atoms with Crippen LogP contribution < -0.4 is 14.4 Å². The van der Waals surface area contributed by atoms with Crippen LogP contribution in [0.1, 0.15) is 61.0 Å². The number of sulfonamides is 1. The maximum Gasteiger partial charge on any atom is 0.264 e. The lowest BCUT2D eigenvalue weighted by atomic mass is 9.70. The molecular formula is C39H54ClFN4O7S. The third-order valence-corrected chi connectivity index (χ3v) is 14.0. The number of aryl methyl sites for hydroxylation is 1. The summed E-state index contributed by atoms with van der Waals surface area (Å²) in [7, 11) is -0.886. The molecule has 1 amide bonds. The molecule has 0 radical (unpaired) electrons. The topological polar surface area (TPSA) is 121 Å². The number of rotatable bonds is 9. The van der Waals surface area contributed by atoms with Crippen LogP contribution in [0.25, 0.3) is 0 Å². The molecule has 4 aliphatic rings. The molecule has 6 rings (SSSR count). The maximum atomic E-state index is 16.7. The van der Waals surface area contributed by atoms with Crippen molar-refractivity contribution in [2.24, 2.45) is 5.92 Å². The van der Waals surface area contributed by atoms with Gasteiger partial charge in [0.05, 0.1) is 42.9 Å². The summed E-state index contributed by atoms with van der Waals surface area (Å²) in [6.07, 6.45) is 3.95. The Labute approximate surface area is 318 Å². The first-order valence-corrected chi connectivity index (χ1v) is 20.6. The van der Waals surface area contributed by atoms with E-state index in [1.807, 2.05) is 21.9 Å². The zero-order valence-electron chi connectivity index (χ0n) is 31.2. The fraction of sp³-hybridized carbons (Fsp3) is 0.615. The number of ether oxygens (including phenoxy) is 3. The zero-order valence-corrected chi connectivity index (χ0v) is 32.8. The Morgan fingerprint density at radius 2 is 1.91 bits per heavy atom. The number of anilines is 1. The second-order valence-corrected chi connectivity index (χ2v) is 17.7. The number of aliphatic hydroxyl groups is 1. The van der Waals surface area contributed by atoms with Crippen LogP contribution in [0.2, 0.25) is 5.02 Å². The van der Waals surface area contributed by atoms with Crippen molar-refractivity contribution in [2.75, 3.05) is 78.2 Å². The summed E-state index contributed by atoms with van der Waals surface area (Å²) in [5.74, 6) is -1.16. The Bertz CT molecular complexity index is 1760. The third kappa shape index (κ3) is 8.71. The Balaban J connectivity index is 1.41. The van der Waals surface area contributed by atoms with Crippen molar-refractivity contribution < 1.29 is 36.9 Å². The van der Waals surface area contributed by atoms with Crippen molar-refractivity contribution in [3.05, 3.63) is 70.0 Å². The van der Waals surface area contributed by atoms with Crippen molar-refractivity contribution >= 4 is 33.2 Å². The summed E-state index contributed by atoms with van der Waals surface area (Å²) in [5.41, 5.74) is 2.86. The van der Waals surface area contributed by atoms with Crippen molar-refractivity contribution in [3.63, 3.8) is 0 Å². The molecule has 2 aromatic carbocycles. The first-order chi connectivity index (χ1) is 25.4. The molecule has 2 aromatic rings. The van der Waals surface area contributed by atoms with E-state index in [4.69, 9.17) is 25.8 Å². The predicted molar refractivity (Wildman–Crippen MR) is 204 cm³/mol. The lowest BCUT2D eigenvalue weighted by Gasteiger charge is -2.50. The number of halogens is 2. The van der Waals surface area contributed by atoms with E-state index in [9.17, 15) is 18.3 Å². The summed E-state index contributed by atoms with van der Waals surface area (Å²) < 4.78 is 63.2. The minimum Gasteiger partial charge on any atom is -0.490 e. The van der Waals surface area contributed by atoms with Gasteiger partial charge in [-0.2, -0.15) is 0 Å². The number of nitrogens with zero attached hydrogens (tertiary/aromatic N) is 3. The van der Waals surface area contributed by atoms with E-state index in [0.29, 0.717) is 69.0 Å². The zero-order chi connectivity index (χ0) is 37.9. The molecule has 292 valence electrons. The molecule has 3 heterocycles. The molecule has 1 saturated heterocycles. The quantitative estimate of drug-likeness (QED) is 0.376. The van der Waals surface area contributed by atoms with Crippen molar-refractivity contribution in [1.29, 1.82) is 0 Å². The lowest BCUT2D eigenvalue weighted by Crippen LogP contribution is -2.62. The van der Waals surface area contributed by atoms with Gasteiger partial charge >= 0.3 is 0 Å². The van der Waals surface area contributed by atoms with Crippen LogP contribution in [0.4, 0.5) is 10.1 Å². The van der Waals surface area contributed by atoms with Gasteiger partial charge in [-0.05, 0) is 86.4 Å². The molecule has 11 nitrogen and oxygen atoms in total. The van der Waals surface area contributed by atoms with Crippen LogP contribution in [0, 0.1) is 5.92 Å². The second-order valence-electron chi connectivity index (χ2n) is 15.2. The Morgan fingerprint density at radius 3 is 2.60 bits per heavy atom. The summed E-state index contributed by atoms with van der Waals surface area (Å²) in [6, 6.07) is 10.0. The first-order valence-electron chi connectivity index (χ1n) is 18.7. The van der Waals surface area contributed by atoms with Gasteiger partial charge in [0.25, 0.3) is 5.91 Å². The molecule has 2 N–H and O–H groups in total. The van der Waals surface area contributed by atoms with E-state index in [1.165, 1.54) is 24.1 Å². The smallest absolute Gasteiger partial charge is 0.264 e.